The smallest absolute Gasteiger partial charge is 0.142 e. The van der Waals surface area contributed by atoms with E-state index in [0.717, 1.165) is 6.42 Å². The molecule has 0 rings (SSSR count). The van der Waals surface area contributed by atoms with Crippen LogP contribution in [0.2, 0.25) is 0 Å². The Labute approximate surface area is 105 Å². The summed E-state index contributed by atoms with van der Waals surface area (Å²) in [5.74, 6) is 5.83. The van der Waals surface area contributed by atoms with Crippen LogP contribution < -0.4 is 0 Å². The van der Waals surface area contributed by atoms with Gasteiger partial charge in [-0.05, 0) is 20.9 Å². The number of hydrogen-bond donors (Lipinski definition) is 1. The van der Waals surface area contributed by atoms with Crippen molar-refractivity contribution < 1.29 is 5.11 Å². The van der Waals surface area contributed by atoms with Gasteiger partial charge in [0.25, 0.3) is 0 Å². The van der Waals surface area contributed by atoms with E-state index in [9.17, 15) is 5.11 Å². The molecule has 0 radical (unpaired) electrons. The zero-order valence-electron chi connectivity index (χ0n) is 11.2. The Balaban J connectivity index is 4.50. The maximum Gasteiger partial charge on any atom is 0.142 e. The van der Waals surface area contributed by atoms with Crippen LogP contribution in [0.15, 0.2) is 22.9 Å². The second-order valence-corrected chi connectivity index (χ2v) is 3.94. The lowest BCUT2D eigenvalue weighted by Crippen LogP contribution is -2.38. The molecule has 3 nitrogen and oxygen atoms in total. The van der Waals surface area contributed by atoms with Crippen LogP contribution in [0.1, 0.15) is 27.2 Å². The molecule has 0 heterocycles. The highest BCUT2D eigenvalue weighted by molar-refractivity contribution is 5.79. The van der Waals surface area contributed by atoms with Gasteiger partial charge in [-0.3, -0.25) is 9.89 Å². The standard InChI is InChI=1S/C14H22N2O/c1-6-8-9-10-15-11-13(7-2)14(17)16(5)12(3)4/h11-12,14,17H,2,6,10H2,1,3-5H3/b15-11-. The van der Waals surface area contributed by atoms with Crippen molar-refractivity contribution in [2.75, 3.05) is 13.6 Å². The molecule has 0 aliphatic carbocycles. The molecular formula is C14H22N2O. The lowest BCUT2D eigenvalue weighted by molar-refractivity contribution is 0.0368. The minimum absolute atomic E-state index is 0.238. The number of aliphatic hydroxyl groups excluding tert-OH is 1. The first-order valence-electron chi connectivity index (χ1n) is 5.80. The first-order chi connectivity index (χ1) is 8.04. The summed E-state index contributed by atoms with van der Waals surface area (Å²) in [5, 5.41) is 10.0. The highest BCUT2D eigenvalue weighted by Crippen LogP contribution is 2.06. The average molecular weight is 234 g/mol. The molecule has 0 spiro atoms. The SMILES string of the molecule is C=C=C(/C=N\CC#CCC)C(O)N(C)C(C)C. The van der Waals surface area contributed by atoms with Crippen molar-refractivity contribution in [1.82, 2.24) is 4.90 Å². The second-order valence-electron chi connectivity index (χ2n) is 3.94. The fourth-order valence-corrected chi connectivity index (χ4v) is 1.08. The normalized spacial score (nSPS) is 12.4. The Morgan fingerprint density at radius 3 is 2.59 bits per heavy atom. The molecule has 0 amide bonds. The monoisotopic (exact) mass is 234 g/mol. The van der Waals surface area contributed by atoms with Crippen molar-refractivity contribution in [2.24, 2.45) is 4.99 Å². The van der Waals surface area contributed by atoms with Crippen LogP contribution in [0.25, 0.3) is 0 Å². The summed E-state index contributed by atoms with van der Waals surface area (Å²) in [7, 11) is 1.84. The zero-order valence-corrected chi connectivity index (χ0v) is 11.2. The fourth-order valence-electron chi connectivity index (χ4n) is 1.08. The predicted octanol–water partition coefficient (Wildman–Crippen LogP) is 1.84. The Hall–Kier alpha value is -1.33. The van der Waals surface area contributed by atoms with Crippen LogP contribution in [-0.4, -0.2) is 42.1 Å². The van der Waals surface area contributed by atoms with Crippen molar-refractivity contribution in [2.45, 2.75) is 39.5 Å². The summed E-state index contributed by atoms with van der Waals surface area (Å²) < 4.78 is 0. The first kappa shape index (κ1) is 15.7. The van der Waals surface area contributed by atoms with Crippen molar-refractivity contribution in [3.05, 3.63) is 17.9 Å². The van der Waals surface area contributed by atoms with E-state index in [2.05, 4.69) is 29.1 Å². The maximum atomic E-state index is 10.0. The number of nitrogens with zero attached hydrogens (tertiary/aromatic N) is 2. The molecule has 1 atom stereocenters. The van der Waals surface area contributed by atoms with Crippen molar-refractivity contribution in [3.8, 4) is 11.8 Å². The third-order valence-corrected chi connectivity index (χ3v) is 2.39. The van der Waals surface area contributed by atoms with E-state index >= 15 is 0 Å². The lowest BCUT2D eigenvalue weighted by atomic mass is 10.2. The third-order valence-electron chi connectivity index (χ3n) is 2.39. The van der Waals surface area contributed by atoms with Gasteiger partial charge in [-0.1, -0.05) is 19.4 Å². The topological polar surface area (TPSA) is 35.8 Å². The van der Waals surface area contributed by atoms with Crippen LogP contribution in [0, 0.1) is 11.8 Å². The Morgan fingerprint density at radius 1 is 1.47 bits per heavy atom. The van der Waals surface area contributed by atoms with Crippen LogP contribution in [0.4, 0.5) is 0 Å². The van der Waals surface area contributed by atoms with E-state index in [1.165, 1.54) is 0 Å². The van der Waals surface area contributed by atoms with Crippen molar-refractivity contribution in [1.29, 1.82) is 0 Å². The van der Waals surface area contributed by atoms with E-state index in [4.69, 9.17) is 0 Å². The second kappa shape index (κ2) is 8.78. The van der Waals surface area contributed by atoms with Gasteiger partial charge < -0.3 is 5.11 Å². The van der Waals surface area contributed by atoms with Crippen molar-refractivity contribution >= 4 is 6.21 Å². The number of rotatable bonds is 5. The maximum absolute atomic E-state index is 10.0. The summed E-state index contributed by atoms with van der Waals surface area (Å²) in [6, 6.07) is 0.238. The van der Waals surface area contributed by atoms with Gasteiger partial charge in [0.1, 0.15) is 6.23 Å². The van der Waals surface area contributed by atoms with Gasteiger partial charge in [-0.25, -0.2) is 0 Å². The quantitative estimate of drug-likeness (QED) is 0.341. The van der Waals surface area contributed by atoms with E-state index in [-0.39, 0.29) is 6.04 Å². The summed E-state index contributed by atoms with van der Waals surface area (Å²) in [4.78, 5) is 5.93. The van der Waals surface area contributed by atoms with E-state index in [0.29, 0.717) is 12.1 Å². The molecule has 0 aromatic rings. The number of aliphatic imine (C=N–C) groups is 1. The van der Waals surface area contributed by atoms with Gasteiger partial charge in [-0.2, -0.15) is 0 Å². The molecule has 0 fully saturated rings. The van der Waals surface area contributed by atoms with Gasteiger partial charge in [0, 0.05) is 18.7 Å². The number of aliphatic hydroxyl groups is 1. The summed E-state index contributed by atoms with van der Waals surface area (Å²) in [6.07, 6.45) is 1.69. The van der Waals surface area contributed by atoms with E-state index in [1.807, 2.05) is 32.7 Å². The van der Waals surface area contributed by atoms with Gasteiger partial charge in [0.05, 0.1) is 12.1 Å². The van der Waals surface area contributed by atoms with Crippen LogP contribution in [-0.2, 0) is 0 Å². The van der Waals surface area contributed by atoms with Crippen molar-refractivity contribution in [3.63, 3.8) is 0 Å². The number of hydrogen-bond acceptors (Lipinski definition) is 3. The molecule has 0 aromatic carbocycles. The summed E-state index contributed by atoms with van der Waals surface area (Å²) >= 11 is 0. The van der Waals surface area contributed by atoms with Gasteiger partial charge in [0.2, 0.25) is 0 Å². The fraction of sp³-hybridized carbons (Fsp3) is 0.571. The van der Waals surface area contributed by atoms with Crippen LogP contribution in [0.5, 0.6) is 0 Å². The molecule has 1 unspecified atom stereocenters. The molecule has 94 valence electrons. The van der Waals surface area contributed by atoms with Gasteiger partial charge >= 0.3 is 0 Å². The molecule has 17 heavy (non-hydrogen) atoms. The highest BCUT2D eigenvalue weighted by atomic mass is 16.3. The highest BCUT2D eigenvalue weighted by Gasteiger charge is 2.16. The number of likely N-dealkylation sites (N-methyl/N-ethyl adjacent to an activating group) is 1. The molecule has 0 aliphatic rings. The minimum atomic E-state index is -0.726. The first-order valence-corrected chi connectivity index (χ1v) is 5.80. The largest absolute Gasteiger partial charge is 0.373 e. The molecule has 0 bridgehead atoms. The summed E-state index contributed by atoms with van der Waals surface area (Å²) in [6.45, 7) is 10.0. The summed E-state index contributed by atoms with van der Waals surface area (Å²) in [5.41, 5.74) is 3.27. The van der Waals surface area contributed by atoms with Crippen LogP contribution >= 0.6 is 0 Å². The zero-order chi connectivity index (χ0) is 13.3. The molecule has 0 saturated heterocycles. The Bertz CT molecular complexity index is 354. The predicted molar refractivity (Wildman–Crippen MR) is 73.0 cm³/mol. The molecule has 0 saturated carbocycles. The Morgan fingerprint density at radius 2 is 2.12 bits per heavy atom. The molecular weight excluding hydrogens is 212 g/mol. The molecule has 3 heteroatoms. The van der Waals surface area contributed by atoms with Gasteiger partial charge in [0.15, 0.2) is 0 Å². The van der Waals surface area contributed by atoms with E-state index < -0.39 is 6.23 Å². The van der Waals surface area contributed by atoms with Crippen LogP contribution in [0.3, 0.4) is 0 Å². The third kappa shape index (κ3) is 6.09. The average Bonchev–Trinajstić information content (AvgIpc) is 2.32. The van der Waals surface area contributed by atoms with E-state index in [1.54, 1.807) is 6.21 Å². The molecule has 1 N–H and O–H groups in total. The Kier molecular flexibility index (Phi) is 8.09. The molecule has 0 aliphatic heterocycles. The lowest BCUT2D eigenvalue weighted by Gasteiger charge is -2.26. The van der Waals surface area contributed by atoms with Gasteiger partial charge in [-0.15, -0.1) is 11.7 Å². The molecule has 0 aromatic heterocycles. The minimum Gasteiger partial charge on any atom is -0.373 e.